The Morgan fingerprint density at radius 3 is 2.26 bits per heavy atom. The smallest absolute Gasteiger partial charge is 0.326 e. The molecule has 1 aliphatic carbocycles. The Labute approximate surface area is 114 Å². The maximum absolute atomic E-state index is 12.2. The molecule has 2 N–H and O–H groups in total. The number of carbonyl (C=O) groups excluding carboxylic acids is 1. The number of amides is 2. The SMILES string of the molecule is CC(C)[C@H](NC(=O)N1CC2CCCC(C2)C1)C(=O)O. The zero-order chi connectivity index (χ0) is 14.0. The van der Waals surface area contributed by atoms with Crippen LogP contribution in [0.2, 0.25) is 0 Å². The van der Waals surface area contributed by atoms with E-state index in [1.165, 1.54) is 25.7 Å². The van der Waals surface area contributed by atoms with E-state index in [0.717, 1.165) is 13.1 Å². The predicted octanol–water partition coefficient (Wildman–Crippen LogP) is 1.93. The van der Waals surface area contributed by atoms with Gasteiger partial charge in [-0.3, -0.25) is 0 Å². The third-order valence-electron chi connectivity index (χ3n) is 4.35. The number of nitrogens with zero attached hydrogens (tertiary/aromatic N) is 1. The number of rotatable bonds is 3. The van der Waals surface area contributed by atoms with Crippen LogP contribution in [0.4, 0.5) is 4.79 Å². The van der Waals surface area contributed by atoms with Gasteiger partial charge in [-0.05, 0) is 37.0 Å². The zero-order valence-electron chi connectivity index (χ0n) is 11.8. The first-order chi connectivity index (χ1) is 8.97. The third-order valence-corrected chi connectivity index (χ3v) is 4.35. The second-order valence-electron chi connectivity index (χ2n) is 6.31. The minimum atomic E-state index is -0.958. The number of hydrogen-bond donors (Lipinski definition) is 2. The van der Waals surface area contributed by atoms with Gasteiger partial charge in [0.25, 0.3) is 0 Å². The van der Waals surface area contributed by atoms with Gasteiger partial charge in [0.05, 0.1) is 0 Å². The number of likely N-dealkylation sites (tertiary alicyclic amines) is 1. The summed E-state index contributed by atoms with van der Waals surface area (Å²) in [5.41, 5.74) is 0. The lowest BCUT2D eigenvalue weighted by Gasteiger charge is -2.41. The molecule has 2 rings (SSSR count). The van der Waals surface area contributed by atoms with Crippen LogP contribution in [-0.4, -0.2) is 41.1 Å². The Balaban J connectivity index is 1.94. The summed E-state index contributed by atoms with van der Waals surface area (Å²) in [6.45, 7) is 5.19. The second-order valence-corrected chi connectivity index (χ2v) is 6.31. The molecule has 5 nitrogen and oxygen atoms in total. The number of carboxylic acids is 1. The average Bonchev–Trinajstić information content (AvgIpc) is 2.34. The highest BCUT2D eigenvalue weighted by atomic mass is 16.4. The number of carboxylic acid groups (broad SMARTS) is 1. The maximum Gasteiger partial charge on any atom is 0.326 e. The van der Waals surface area contributed by atoms with E-state index in [-0.39, 0.29) is 11.9 Å². The summed E-state index contributed by atoms with van der Waals surface area (Å²) in [5.74, 6) is 0.160. The first kappa shape index (κ1) is 14.2. The van der Waals surface area contributed by atoms with Gasteiger partial charge in [-0.2, -0.15) is 0 Å². The lowest BCUT2D eigenvalue weighted by atomic mass is 9.78. The Kier molecular flexibility index (Phi) is 4.32. The van der Waals surface area contributed by atoms with Crippen LogP contribution in [0, 0.1) is 17.8 Å². The quantitative estimate of drug-likeness (QED) is 0.821. The van der Waals surface area contributed by atoms with Crippen molar-refractivity contribution in [2.45, 2.75) is 45.6 Å². The Morgan fingerprint density at radius 1 is 1.21 bits per heavy atom. The third kappa shape index (κ3) is 3.39. The summed E-state index contributed by atoms with van der Waals surface area (Å²) < 4.78 is 0. The van der Waals surface area contributed by atoms with E-state index in [9.17, 15) is 9.59 Å². The number of urea groups is 1. The first-order valence-electron chi connectivity index (χ1n) is 7.25. The standard InChI is InChI=1S/C14H24N2O3/c1-9(2)12(13(17)18)15-14(19)16-7-10-4-3-5-11(6-10)8-16/h9-12H,3-8H2,1-2H3,(H,15,19)(H,17,18)/t10?,11?,12-/m0/s1. The molecule has 3 atom stereocenters. The Hall–Kier alpha value is -1.26. The molecule has 1 saturated heterocycles. The van der Waals surface area contributed by atoms with Crippen molar-refractivity contribution in [2.75, 3.05) is 13.1 Å². The van der Waals surface area contributed by atoms with Crippen LogP contribution in [0.1, 0.15) is 39.5 Å². The molecular formula is C14H24N2O3. The molecule has 1 aliphatic heterocycles. The summed E-state index contributed by atoms with van der Waals surface area (Å²) >= 11 is 0. The van der Waals surface area contributed by atoms with Gasteiger partial charge in [-0.1, -0.05) is 20.3 Å². The molecule has 2 aliphatic rings. The number of fused-ring (bicyclic) bond motifs is 2. The molecule has 0 spiro atoms. The molecule has 1 saturated carbocycles. The minimum absolute atomic E-state index is 0.106. The molecule has 0 radical (unpaired) electrons. The van der Waals surface area contributed by atoms with Crippen molar-refractivity contribution < 1.29 is 14.7 Å². The van der Waals surface area contributed by atoms with E-state index in [1.807, 2.05) is 18.7 Å². The Bertz CT molecular complexity index is 345. The molecule has 108 valence electrons. The summed E-state index contributed by atoms with van der Waals surface area (Å²) in [7, 11) is 0. The molecule has 0 aromatic heterocycles. The second kappa shape index (κ2) is 5.80. The van der Waals surface area contributed by atoms with E-state index in [1.54, 1.807) is 0 Å². The van der Waals surface area contributed by atoms with E-state index >= 15 is 0 Å². The topological polar surface area (TPSA) is 69.6 Å². The fourth-order valence-electron chi connectivity index (χ4n) is 3.34. The first-order valence-corrected chi connectivity index (χ1v) is 7.25. The molecule has 2 amide bonds. The number of hydrogen-bond acceptors (Lipinski definition) is 2. The lowest BCUT2D eigenvalue weighted by molar-refractivity contribution is -0.140. The minimum Gasteiger partial charge on any atom is -0.480 e. The van der Waals surface area contributed by atoms with Crippen LogP contribution < -0.4 is 5.32 Å². The fourth-order valence-corrected chi connectivity index (χ4v) is 3.34. The Morgan fingerprint density at radius 2 is 1.79 bits per heavy atom. The lowest BCUT2D eigenvalue weighted by Crippen LogP contribution is -2.54. The number of piperidine rings is 1. The molecule has 0 aromatic carbocycles. The van der Waals surface area contributed by atoms with Gasteiger partial charge in [0.15, 0.2) is 0 Å². The average molecular weight is 268 g/mol. The van der Waals surface area contributed by atoms with Crippen LogP contribution in [0.15, 0.2) is 0 Å². The van der Waals surface area contributed by atoms with Crippen LogP contribution >= 0.6 is 0 Å². The van der Waals surface area contributed by atoms with Crippen molar-refractivity contribution in [3.63, 3.8) is 0 Å². The number of nitrogens with one attached hydrogen (secondary N) is 1. The van der Waals surface area contributed by atoms with Crippen molar-refractivity contribution in [2.24, 2.45) is 17.8 Å². The van der Waals surface area contributed by atoms with Crippen molar-refractivity contribution in [3.05, 3.63) is 0 Å². The van der Waals surface area contributed by atoms with Crippen LogP contribution in [0.25, 0.3) is 0 Å². The van der Waals surface area contributed by atoms with Crippen molar-refractivity contribution in [1.82, 2.24) is 10.2 Å². The summed E-state index contributed by atoms with van der Waals surface area (Å²) in [5, 5.41) is 11.8. The van der Waals surface area contributed by atoms with Gasteiger partial charge in [0.2, 0.25) is 0 Å². The van der Waals surface area contributed by atoms with Gasteiger partial charge in [-0.25, -0.2) is 9.59 Å². The van der Waals surface area contributed by atoms with Gasteiger partial charge < -0.3 is 15.3 Å². The largest absolute Gasteiger partial charge is 0.480 e. The molecule has 2 fully saturated rings. The molecule has 5 heteroatoms. The molecule has 0 aromatic rings. The highest BCUT2D eigenvalue weighted by Crippen LogP contribution is 2.34. The number of carbonyl (C=O) groups is 2. The highest BCUT2D eigenvalue weighted by molar-refractivity contribution is 5.82. The van der Waals surface area contributed by atoms with Crippen LogP contribution in [0.3, 0.4) is 0 Å². The molecule has 1 heterocycles. The highest BCUT2D eigenvalue weighted by Gasteiger charge is 2.34. The van der Waals surface area contributed by atoms with E-state index < -0.39 is 12.0 Å². The van der Waals surface area contributed by atoms with E-state index in [0.29, 0.717) is 11.8 Å². The molecular weight excluding hydrogens is 244 g/mol. The van der Waals surface area contributed by atoms with Gasteiger partial charge >= 0.3 is 12.0 Å². The fraction of sp³-hybridized carbons (Fsp3) is 0.857. The van der Waals surface area contributed by atoms with E-state index in [2.05, 4.69) is 5.32 Å². The molecule has 2 bridgehead atoms. The van der Waals surface area contributed by atoms with Crippen LogP contribution in [-0.2, 0) is 4.79 Å². The normalized spacial score (nSPS) is 28.1. The molecule has 2 unspecified atom stereocenters. The summed E-state index contributed by atoms with van der Waals surface area (Å²) in [6.07, 6.45) is 4.91. The van der Waals surface area contributed by atoms with Crippen molar-refractivity contribution >= 4 is 12.0 Å². The van der Waals surface area contributed by atoms with Gasteiger partial charge in [0, 0.05) is 13.1 Å². The molecule has 19 heavy (non-hydrogen) atoms. The number of aliphatic carboxylic acids is 1. The van der Waals surface area contributed by atoms with E-state index in [4.69, 9.17) is 5.11 Å². The zero-order valence-corrected chi connectivity index (χ0v) is 11.8. The summed E-state index contributed by atoms with van der Waals surface area (Å²) in [4.78, 5) is 25.1. The van der Waals surface area contributed by atoms with Gasteiger partial charge in [0.1, 0.15) is 6.04 Å². The van der Waals surface area contributed by atoms with Gasteiger partial charge in [-0.15, -0.1) is 0 Å². The van der Waals surface area contributed by atoms with Crippen molar-refractivity contribution in [1.29, 1.82) is 0 Å². The van der Waals surface area contributed by atoms with Crippen molar-refractivity contribution in [3.8, 4) is 0 Å². The maximum atomic E-state index is 12.2. The predicted molar refractivity (Wildman–Crippen MR) is 71.8 cm³/mol. The monoisotopic (exact) mass is 268 g/mol. The van der Waals surface area contributed by atoms with Crippen LogP contribution in [0.5, 0.6) is 0 Å². The summed E-state index contributed by atoms with van der Waals surface area (Å²) in [6, 6.07) is -1.01.